The molecule has 0 aliphatic rings. The molecule has 9 heteroatoms. The first-order valence-corrected chi connectivity index (χ1v) is 5.22. The van der Waals surface area contributed by atoms with Gasteiger partial charge in [-0.3, -0.25) is 19.2 Å². The van der Waals surface area contributed by atoms with E-state index in [9.17, 15) is 19.2 Å². The number of ether oxygens (including phenoxy) is 1. The molecule has 0 fully saturated rings. The Labute approximate surface area is 107 Å². The van der Waals surface area contributed by atoms with Crippen LogP contribution in [0.2, 0.25) is 0 Å². The average Bonchev–Trinajstić information content (AvgIpc) is 2.26. The Morgan fingerprint density at radius 1 is 1.11 bits per heavy atom. The molecule has 9 nitrogen and oxygen atoms in total. The maximum atomic E-state index is 11.9. The van der Waals surface area contributed by atoms with Crippen molar-refractivity contribution >= 4 is 17.8 Å². The van der Waals surface area contributed by atoms with E-state index in [0.717, 1.165) is 20.8 Å². The number of hydrogen-bond acceptors (Lipinski definition) is 7. The average molecular weight is 268 g/mol. The van der Waals surface area contributed by atoms with Crippen molar-refractivity contribution in [2.75, 3.05) is 5.01 Å². The van der Waals surface area contributed by atoms with Crippen molar-refractivity contribution in [1.29, 1.82) is 0 Å². The van der Waals surface area contributed by atoms with Gasteiger partial charge in [0, 0.05) is 20.8 Å². The zero-order valence-corrected chi connectivity index (χ0v) is 10.8. The standard InChI is InChI=1S/C10H12N4O5/c1-5-9(18)14(13(6(2)15)7(3)16)10(12-11-5)19-8(4)17/h1-4H3. The van der Waals surface area contributed by atoms with E-state index in [0.29, 0.717) is 9.69 Å². The van der Waals surface area contributed by atoms with Crippen molar-refractivity contribution in [3.63, 3.8) is 0 Å². The van der Waals surface area contributed by atoms with Gasteiger partial charge in [-0.2, -0.15) is 9.69 Å². The quantitative estimate of drug-likeness (QED) is 0.626. The number of esters is 1. The van der Waals surface area contributed by atoms with Crippen molar-refractivity contribution < 1.29 is 19.1 Å². The fourth-order valence-corrected chi connectivity index (χ4v) is 1.31. The molecule has 1 aromatic heterocycles. The minimum atomic E-state index is -0.781. The summed E-state index contributed by atoms with van der Waals surface area (Å²) in [5, 5.41) is 7.49. The summed E-state index contributed by atoms with van der Waals surface area (Å²) in [6.45, 7) is 4.60. The highest BCUT2D eigenvalue weighted by molar-refractivity contribution is 6.06. The molecule has 0 aliphatic carbocycles. The number of nitrogens with zero attached hydrogens (tertiary/aromatic N) is 4. The summed E-state index contributed by atoms with van der Waals surface area (Å²) in [5.41, 5.74) is -0.833. The second kappa shape index (κ2) is 5.38. The summed E-state index contributed by atoms with van der Waals surface area (Å²) >= 11 is 0. The second-order valence-corrected chi connectivity index (χ2v) is 3.63. The molecule has 19 heavy (non-hydrogen) atoms. The lowest BCUT2D eigenvalue weighted by atomic mass is 10.5. The maximum Gasteiger partial charge on any atom is 0.346 e. The minimum absolute atomic E-state index is 0.0524. The summed E-state index contributed by atoms with van der Waals surface area (Å²) in [7, 11) is 0. The van der Waals surface area contributed by atoms with Crippen LogP contribution in [-0.4, -0.2) is 32.7 Å². The Balaban J connectivity index is 3.57. The molecule has 0 bridgehead atoms. The third-order valence-electron chi connectivity index (χ3n) is 2.00. The lowest BCUT2D eigenvalue weighted by Gasteiger charge is -2.20. The summed E-state index contributed by atoms with van der Waals surface area (Å²) in [6.07, 6.45) is 0. The Morgan fingerprint density at radius 2 is 1.63 bits per heavy atom. The SMILES string of the molecule is CC(=O)Oc1nnc(C)c(=O)n1N(C(C)=O)C(C)=O. The van der Waals surface area contributed by atoms with Crippen molar-refractivity contribution in [3.05, 3.63) is 16.0 Å². The van der Waals surface area contributed by atoms with E-state index in [-0.39, 0.29) is 5.69 Å². The number of imide groups is 1. The van der Waals surface area contributed by atoms with Gasteiger partial charge in [0.15, 0.2) is 0 Å². The number of hydrogen-bond donors (Lipinski definition) is 0. The van der Waals surface area contributed by atoms with Gasteiger partial charge in [-0.1, -0.05) is 5.10 Å². The fourth-order valence-electron chi connectivity index (χ4n) is 1.31. The molecule has 1 heterocycles. The molecule has 0 spiro atoms. The zero-order valence-electron chi connectivity index (χ0n) is 10.8. The number of aryl methyl sites for hydroxylation is 1. The van der Waals surface area contributed by atoms with Crippen LogP contribution in [0.5, 0.6) is 6.01 Å². The summed E-state index contributed by atoms with van der Waals surface area (Å²) in [4.78, 5) is 45.8. The molecule has 0 saturated heterocycles. The minimum Gasteiger partial charge on any atom is -0.390 e. The third kappa shape index (κ3) is 3.00. The Bertz CT molecular complexity index is 592. The molecule has 0 radical (unpaired) electrons. The van der Waals surface area contributed by atoms with E-state index in [1.54, 1.807) is 0 Å². The topological polar surface area (TPSA) is 111 Å². The predicted octanol–water partition coefficient (Wildman–Crippen LogP) is -1.10. The number of rotatable bonds is 2. The van der Waals surface area contributed by atoms with Gasteiger partial charge in [0.05, 0.1) is 0 Å². The van der Waals surface area contributed by atoms with Crippen LogP contribution in [0.1, 0.15) is 26.5 Å². The van der Waals surface area contributed by atoms with E-state index in [4.69, 9.17) is 0 Å². The number of aromatic nitrogens is 3. The highest BCUT2D eigenvalue weighted by Crippen LogP contribution is 2.05. The van der Waals surface area contributed by atoms with E-state index in [1.165, 1.54) is 6.92 Å². The second-order valence-electron chi connectivity index (χ2n) is 3.63. The molecule has 0 unspecified atom stereocenters. The van der Waals surface area contributed by atoms with E-state index >= 15 is 0 Å². The van der Waals surface area contributed by atoms with Crippen LogP contribution in [0.15, 0.2) is 4.79 Å². The summed E-state index contributed by atoms with van der Waals surface area (Å²) < 4.78 is 5.24. The number of amides is 2. The zero-order chi connectivity index (χ0) is 14.7. The molecular weight excluding hydrogens is 256 g/mol. The molecule has 102 valence electrons. The van der Waals surface area contributed by atoms with Crippen LogP contribution < -0.4 is 15.3 Å². The lowest BCUT2D eigenvalue weighted by molar-refractivity contribution is -0.134. The molecule has 0 saturated carbocycles. The van der Waals surface area contributed by atoms with Crippen molar-refractivity contribution in [3.8, 4) is 6.01 Å². The predicted molar refractivity (Wildman–Crippen MR) is 61.9 cm³/mol. The van der Waals surface area contributed by atoms with Crippen LogP contribution in [-0.2, 0) is 14.4 Å². The maximum absolute atomic E-state index is 11.9. The molecule has 0 atom stereocenters. The normalized spacial score (nSPS) is 9.89. The first-order chi connectivity index (χ1) is 8.75. The van der Waals surface area contributed by atoms with Crippen LogP contribution in [0, 0.1) is 6.92 Å². The smallest absolute Gasteiger partial charge is 0.346 e. The lowest BCUT2D eigenvalue weighted by Crippen LogP contribution is -2.50. The number of carbonyl (C=O) groups is 3. The molecule has 2 amide bonds. The first-order valence-electron chi connectivity index (χ1n) is 5.22. The molecule has 0 aromatic carbocycles. The third-order valence-corrected chi connectivity index (χ3v) is 2.00. The van der Waals surface area contributed by atoms with Gasteiger partial charge in [0.1, 0.15) is 5.69 Å². The van der Waals surface area contributed by atoms with Crippen molar-refractivity contribution in [1.82, 2.24) is 14.9 Å². The number of carbonyl (C=O) groups excluding carboxylic acids is 3. The van der Waals surface area contributed by atoms with Crippen LogP contribution in [0.4, 0.5) is 0 Å². The highest BCUT2D eigenvalue weighted by Gasteiger charge is 2.24. The van der Waals surface area contributed by atoms with Crippen LogP contribution in [0.3, 0.4) is 0 Å². The fraction of sp³-hybridized carbons (Fsp3) is 0.400. The van der Waals surface area contributed by atoms with E-state index in [1.807, 2.05) is 0 Å². The van der Waals surface area contributed by atoms with Gasteiger partial charge in [-0.05, 0) is 6.92 Å². The molecule has 1 rings (SSSR count). The van der Waals surface area contributed by atoms with Gasteiger partial charge in [0.25, 0.3) is 5.56 Å². The van der Waals surface area contributed by atoms with Gasteiger partial charge < -0.3 is 4.74 Å². The van der Waals surface area contributed by atoms with E-state index < -0.39 is 29.4 Å². The Kier molecular flexibility index (Phi) is 4.10. The van der Waals surface area contributed by atoms with Gasteiger partial charge in [0.2, 0.25) is 11.8 Å². The van der Waals surface area contributed by atoms with Crippen molar-refractivity contribution in [2.24, 2.45) is 0 Å². The molecule has 1 aromatic rings. The Hall–Kier alpha value is -2.58. The van der Waals surface area contributed by atoms with E-state index in [2.05, 4.69) is 14.9 Å². The molecule has 0 N–H and O–H groups in total. The Morgan fingerprint density at radius 3 is 2.05 bits per heavy atom. The largest absolute Gasteiger partial charge is 0.390 e. The highest BCUT2D eigenvalue weighted by atomic mass is 16.6. The first kappa shape index (κ1) is 14.5. The van der Waals surface area contributed by atoms with Crippen molar-refractivity contribution in [2.45, 2.75) is 27.7 Å². The van der Waals surface area contributed by atoms with Crippen LogP contribution in [0.25, 0.3) is 0 Å². The van der Waals surface area contributed by atoms with Gasteiger partial charge in [-0.15, -0.1) is 5.10 Å². The van der Waals surface area contributed by atoms with Crippen LogP contribution >= 0.6 is 0 Å². The molecular formula is C10H12N4O5. The molecule has 0 aliphatic heterocycles. The van der Waals surface area contributed by atoms with Gasteiger partial charge in [-0.25, -0.2) is 0 Å². The summed E-state index contributed by atoms with van der Waals surface area (Å²) in [5.74, 6) is -2.22. The van der Waals surface area contributed by atoms with Gasteiger partial charge >= 0.3 is 12.0 Å². The summed E-state index contributed by atoms with van der Waals surface area (Å²) in [6, 6.07) is -0.548. The monoisotopic (exact) mass is 268 g/mol.